The Kier molecular flexibility index (Phi) is 5.28. The van der Waals surface area contributed by atoms with Gasteiger partial charge in [0, 0.05) is 5.02 Å². The lowest BCUT2D eigenvalue weighted by Crippen LogP contribution is -2.12. The number of benzene rings is 2. The minimum atomic E-state index is -4.06. The van der Waals surface area contributed by atoms with Crippen molar-refractivity contribution in [2.24, 2.45) is 0 Å². The van der Waals surface area contributed by atoms with E-state index in [2.05, 4.69) is 0 Å². The summed E-state index contributed by atoms with van der Waals surface area (Å²) in [6.45, 7) is 3.62. The number of halogens is 1. The van der Waals surface area contributed by atoms with E-state index >= 15 is 0 Å². The number of ether oxygens (including phenoxy) is 1. The van der Waals surface area contributed by atoms with Crippen molar-refractivity contribution in [2.75, 3.05) is 6.61 Å². The van der Waals surface area contributed by atoms with Crippen molar-refractivity contribution < 1.29 is 22.1 Å². The Bertz CT molecular complexity index is 830. The molecule has 0 amide bonds. The topological polar surface area (TPSA) is 69.7 Å². The van der Waals surface area contributed by atoms with Crippen molar-refractivity contribution in [2.45, 2.75) is 18.7 Å². The Morgan fingerprint density at radius 2 is 1.91 bits per heavy atom. The maximum absolute atomic E-state index is 12.3. The van der Waals surface area contributed by atoms with E-state index in [4.69, 9.17) is 20.5 Å². The molecule has 0 aliphatic carbocycles. The first-order chi connectivity index (χ1) is 10.8. The summed E-state index contributed by atoms with van der Waals surface area (Å²) >= 11 is 5.90. The summed E-state index contributed by atoms with van der Waals surface area (Å²) in [5.74, 6) is -0.444. The van der Waals surface area contributed by atoms with Gasteiger partial charge in [-0.25, -0.2) is 4.79 Å². The summed E-state index contributed by atoms with van der Waals surface area (Å²) in [7, 11) is -4.06. The van der Waals surface area contributed by atoms with Gasteiger partial charge in [-0.2, -0.15) is 8.42 Å². The van der Waals surface area contributed by atoms with Crippen LogP contribution < -0.4 is 4.18 Å². The third-order valence-electron chi connectivity index (χ3n) is 2.97. The molecule has 23 heavy (non-hydrogen) atoms. The van der Waals surface area contributed by atoms with E-state index in [1.54, 1.807) is 19.9 Å². The lowest BCUT2D eigenvalue weighted by Gasteiger charge is -2.09. The van der Waals surface area contributed by atoms with Crippen LogP contribution in [0.3, 0.4) is 0 Å². The van der Waals surface area contributed by atoms with E-state index in [-0.39, 0.29) is 22.8 Å². The standard InChI is InChI=1S/C16H15ClO5S/c1-3-21-16(18)12-5-4-6-14(10-12)23(19,20)22-13-7-8-15(17)11(2)9-13/h4-10H,3H2,1-2H3. The lowest BCUT2D eigenvalue weighted by molar-refractivity contribution is 0.0526. The Hall–Kier alpha value is -2.05. The second-order valence-corrected chi connectivity index (χ2v) is 6.65. The average molecular weight is 355 g/mol. The zero-order valence-corrected chi connectivity index (χ0v) is 14.1. The highest BCUT2D eigenvalue weighted by Gasteiger charge is 2.19. The van der Waals surface area contributed by atoms with Crippen molar-refractivity contribution in [3.63, 3.8) is 0 Å². The monoisotopic (exact) mass is 354 g/mol. The van der Waals surface area contributed by atoms with Crippen molar-refractivity contribution in [1.82, 2.24) is 0 Å². The minimum absolute atomic E-state index is 0.129. The van der Waals surface area contributed by atoms with Gasteiger partial charge in [0.1, 0.15) is 10.6 Å². The molecule has 122 valence electrons. The van der Waals surface area contributed by atoms with Gasteiger partial charge >= 0.3 is 16.1 Å². The fourth-order valence-corrected chi connectivity index (χ4v) is 2.92. The Labute approximate surface area is 139 Å². The van der Waals surface area contributed by atoms with Gasteiger partial charge in [0.25, 0.3) is 0 Å². The highest BCUT2D eigenvalue weighted by Crippen LogP contribution is 2.24. The molecule has 0 unspecified atom stereocenters. The molecule has 0 aliphatic rings. The maximum Gasteiger partial charge on any atom is 0.339 e. The van der Waals surface area contributed by atoms with Crippen LogP contribution in [0.4, 0.5) is 0 Å². The van der Waals surface area contributed by atoms with Gasteiger partial charge in [-0.1, -0.05) is 17.7 Å². The second-order valence-electron chi connectivity index (χ2n) is 4.70. The molecule has 7 heteroatoms. The van der Waals surface area contributed by atoms with Gasteiger partial charge in [0.15, 0.2) is 0 Å². The van der Waals surface area contributed by atoms with Gasteiger partial charge in [-0.3, -0.25) is 0 Å². The lowest BCUT2D eigenvalue weighted by atomic mass is 10.2. The highest BCUT2D eigenvalue weighted by atomic mass is 35.5. The van der Waals surface area contributed by atoms with Gasteiger partial charge in [0.2, 0.25) is 0 Å². The SMILES string of the molecule is CCOC(=O)c1cccc(S(=O)(=O)Oc2ccc(Cl)c(C)c2)c1. The van der Waals surface area contributed by atoms with Crippen LogP contribution in [0.1, 0.15) is 22.8 Å². The smallest absolute Gasteiger partial charge is 0.339 e. The number of aryl methyl sites for hydroxylation is 1. The van der Waals surface area contributed by atoms with Gasteiger partial charge < -0.3 is 8.92 Å². The van der Waals surface area contributed by atoms with E-state index in [1.807, 2.05) is 0 Å². The maximum atomic E-state index is 12.3. The predicted molar refractivity (Wildman–Crippen MR) is 86.4 cm³/mol. The van der Waals surface area contributed by atoms with Gasteiger partial charge in [-0.15, -0.1) is 0 Å². The first-order valence-corrected chi connectivity index (χ1v) is 8.60. The van der Waals surface area contributed by atoms with Crippen LogP contribution >= 0.6 is 11.6 Å². The highest BCUT2D eigenvalue weighted by molar-refractivity contribution is 7.87. The molecule has 5 nitrogen and oxygen atoms in total. The number of rotatable bonds is 5. The summed E-state index contributed by atoms with van der Waals surface area (Å²) in [5.41, 5.74) is 0.837. The van der Waals surface area contributed by atoms with Crippen LogP contribution in [0.5, 0.6) is 5.75 Å². The summed E-state index contributed by atoms with van der Waals surface area (Å²) in [5, 5.41) is 0.513. The van der Waals surface area contributed by atoms with Gasteiger partial charge in [0.05, 0.1) is 12.2 Å². The molecule has 0 aliphatic heterocycles. The molecule has 0 saturated carbocycles. The van der Waals surface area contributed by atoms with Crippen LogP contribution in [0.15, 0.2) is 47.4 Å². The quantitative estimate of drug-likeness (QED) is 0.606. The number of hydrogen-bond donors (Lipinski definition) is 0. The zero-order chi connectivity index (χ0) is 17.0. The van der Waals surface area contributed by atoms with Crippen molar-refractivity contribution in [3.8, 4) is 5.75 Å². The van der Waals surface area contributed by atoms with Crippen LogP contribution in [0, 0.1) is 6.92 Å². The fraction of sp³-hybridized carbons (Fsp3) is 0.188. The fourth-order valence-electron chi connectivity index (χ4n) is 1.84. The summed E-state index contributed by atoms with van der Waals surface area (Å²) in [6, 6.07) is 10.0. The first-order valence-electron chi connectivity index (χ1n) is 6.81. The van der Waals surface area contributed by atoms with E-state index in [0.29, 0.717) is 10.6 Å². The molecule has 2 aromatic rings. The minimum Gasteiger partial charge on any atom is -0.462 e. The third kappa shape index (κ3) is 4.24. The molecule has 2 aromatic carbocycles. The largest absolute Gasteiger partial charge is 0.462 e. The first kappa shape index (κ1) is 17.3. The van der Waals surface area contributed by atoms with Gasteiger partial charge in [-0.05, 0) is 55.8 Å². The number of carbonyl (C=O) groups is 1. The summed E-state index contributed by atoms with van der Waals surface area (Å²) in [6.07, 6.45) is 0. The van der Waals surface area contributed by atoms with E-state index in [0.717, 1.165) is 0 Å². The Morgan fingerprint density at radius 3 is 2.57 bits per heavy atom. The van der Waals surface area contributed by atoms with E-state index in [1.165, 1.54) is 36.4 Å². The van der Waals surface area contributed by atoms with Crippen LogP contribution in [-0.4, -0.2) is 21.0 Å². The van der Waals surface area contributed by atoms with Crippen LogP contribution in [0.2, 0.25) is 5.02 Å². The predicted octanol–water partition coefficient (Wildman–Crippen LogP) is 3.59. The summed E-state index contributed by atoms with van der Waals surface area (Å²) in [4.78, 5) is 11.6. The molecule has 0 heterocycles. The Balaban J connectivity index is 2.30. The molecule has 0 aromatic heterocycles. The van der Waals surface area contributed by atoms with Crippen molar-refractivity contribution >= 4 is 27.7 Å². The van der Waals surface area contributed by atoms with E-state index < -0.39 is 16.1 Å². The molecule has 0 bridgehead atoms. The molecule has 0 spiro atoms. The normalized spacial score (nSPS) is 11.1. The molecular weight excluding hydrogens is 340 g/mol. The second kappa shape index (κ2) is 7.02. The number of carbonyl (C=O) groups excluding carboxylic acids is 1. The third-order valence-corrected chi connectivity index (χ3v) is 4.64. The number of hydrogen-bond acceptors (Lipinski definition) is 5. The molecular formula is C16H15ClO5S. The molecule has 2 rings (SSSR count). The molecule has 0 N–H and O–H groups in total. The average Bonchev–Trinajstić information content (AvgIpc) is 2.51. The Morgan fingerprint density at radius 1 is 1.17 bits per heavy atom. The summed E-state index contributed by atoms with van der Waals surface area (Å²) < 4.78 is 34.6. The zero-order valence-electron chi connectivity index (χ0n) is 12.6. The van der Waals surface area contributed by atoms with Crippen molar-refractivity contribution in [3.05, 3.63) is 58.6 Å². The molecule has 0 radical (unpaired) electrons. The molecule has 0 saturated heterocycles. The van der Waals surface area contributed by atoms with Crippen LogP contribution in [-0.2, 0) is 14.9 Å². The number of esters is 1. The van der Waals surface area contributed by atoms with Crippen LogP contribution in [0.25, 0.3) is 0 Å². The van der Waals surface area contributed by atoms with E-state index in [9.17, 15) is 13.2 Å². The molecule has 0 fully saturated rings. The van der Waals surface area contributed by atoms with Crippen molar-refractivity contribution in [1.29, 1.82) is 0 Å². The molecule has 0 atom stereocenters.